The Labute approximate surface area is 99.4 Å². The number of anilines is 1. The molecule has 1 unspecified atom stereocenters. The number of nitrogens with zero attached hydrogens (tertiary/aromatic N) is 3. The Kier molecular flexibility index (Phi) is 2.86. The highest BCUT2D eigenvalue weighted by molar-refractivity contribution is 9.10. The number of carbonyl (C=O) groups is 2. The number of carbonyl (C=O) groups excluding carboxylic acids is 1. The van der Waals surface area contributed by atoms with Gasteiger partial charge in [0.15, 0.2) is 0 Å². The van der Waals surface area contributed by atoms with Gasteiger partial charge in [-0.1, -0.05) is 0 Å². The number of rotatable bonds is 2. The van der Waals surface area contributed by atoms with Gasteiger partial charge in [0, 0.05) is 19.0 Å². The van der Waals surface area contributed by atoms with Crippen molar-refractivity contribution in [2.24, 2.45) is 5.92 Å². The molecule has 1 aliphatic rings. The SMILES string of the molecule is O=C(O)C1CC(=O)N(c2cc(Br)ncn2)C1. The predicted molar refractivity (Wildman–Crippen MR) is 57.8 cm³/mol. The molecule has 6 nitrogen and oxygen atoms in total. The van der Waals surface area contributed by atoms with Crippen LogP contribution in [-0.4, -0.2) is 33.5 Å². The number of hydrogen-bond donors (Lipinski definition) is 1. The van der Waals surface area contributed by atoms with Crippen molar-refractivity contribution in [2.75, 3.05) is 11.4 Å². The van der Waals surface area contributed by atoms with Gasteiger partial charge in [0.2, 0.25) is 5.91 Å². The Morgan fingerprint density at radius 3 is 2.88 bits per heavy atom. The average molecular weight is 286 g/mol. The zero-order valence-corrected chi connectivity index (χ0v) is 9.72. The molecule has 16 heavy (non-hydrogen) atoms. The van der Waals surface area contributed by atoms with E-state index in [9.17, 15) is 9.59 Å². The first-order chi connectivity index (χ1) is 7.58. The maximum Gasteiger partial charge on any atom is 0.308 e. The predicted octanol–water partition coefficient (Wildman–Crippen LogP) is 0.677. The maximum atomic E-state index is 11.6. The van der Waals surface area contributed by atoms with E-state index in [1.807, 2.05) is 0 Å². The zero-order valence-electron chi connectivity index (χ0n) is 8.13. The summed E-state index contributed by atoms with van der Waals surface area (Å²) in [6.07, 6.45) is 1.34. The zero-order chi connectivity index (χ0) is 11.7. The molecule has 1 saturated heterocycles. The summed E-state index contributed by atoms with van der Waals surface area (Å²) in [5.41, 5.74) is 0. The lowest BCUT2D eigenvalue weighted by atomic mass is 10.1. The van der Waals surface area contributed by atoms with Gasteiger partial charge in [-0.15, -0.1) is 0 Å². The Bertz CT molecular complexity index is 451. The molecule has 0 radical (unpaired) electrons. The smallest absolute Gasteiger partial charge is 0.308 e. The van der Waals surface area contributed by atoms with Crippen LogP contribution >= 0.6 is 15.9 Å². The van der Waals surface area contributed by atoms with Crippen molar-refractivity contribution in [1.82, 2.24) is 9.97 Å². The third-order valence-electron chi connectivity index (χ3n) is 2.37. The molecule has 1 N–H and O–H groups in total. The molecule has 0 spiro atoms. The molecule has 84 valence electrons. The fraction of sp³-hybridized carbons (Fsp3) is 0.333. The second-order valence-electron chi connectivity index (χ2n) is 3.44. The van der Waals surface area contributed by atoms with Crippen LogP contribution in [-0.2, 0) is 9.59 Å². The van der Waals surface area contributed by atoms with Crippen molar-refractivity contribution in [3.05, 3.63) is 17.0 Å². The van der Waals surface area contributed by atoms with E-state index in [2.05, 4.69) is 25.9 Å². The fourth-order valence-electron chi connectivity index (χ4n) is 1.57. The monoisotopic (exact) mass is 285 g/mol. The van der Waals surface area contributed by atoms with Crippen molar-refractivity contribution in [3.8, 4) is 0 Å². The summed E-state index contributed by atoms with van der Waals surface area (Å²) < 4.78 is 0.559. The topological polar surface area (TPSA) is 83.4 Å². The molecule has 2 heterocycles. The molecule has 0 saturated carbocycles. The Morgan fingerprint density at radius 2 is 2.31 bits per heavy atom. The fourth-order valence-corrected chi connectivity index (χ4v) is 1.86. The minimum Gasteiger partial charge on any atom is -0.481 e. The van der Waals surface area contributed by atoms with E-state index in [4.69, 9.17) is 5.11 Å². The molecule has 2 rings (SSSR count). The van der Waals surface area contributed by atoms with E-state index >= 15 is 0 Å². The lowest BCUT2D eigenvalue weighted by Gasteiger charge is -2.14. The van der Waals surface area contributed by atoms with Crippen LogP contribution in [0.5, 0.6) is 0 Å². The number of hydrogen-bond acceptors (Lipinski definition) is 4. The van der Waals surface area contributed by atoms with E-state index in [-0.39, 0.29) is 18.9 Å². The van der Waals surface area contributed by atoms with Gasteiger partial charge in [0.25, 0.3) is 0 Å². The molecule has 1 atom stereocenters. The molecule has 1 aromatic rings. The van der Waals surface area contributed by atoms with Crippen LogP contribution in [0.3, 0.4) is 0 Å². The van der Waals surface area contributed by atoms with Crippen LogP contribution in [0.1, 0.15) is 6.42 Å². The molecular weight excluding hydrogens is 278 g/mol. The van der Waals surface area contributed by atoms with Crippen LogP contribution in [0.15, 0.2) is 17.0 Å². The van der Waals surface area contributed by atoms with Gasteiger partial charge in [-0.3, -0.25) is 14.5 Å². The number of halogens is 1. The van der Waals surface area contributed by atoms with Gasteiger partial charge in [0.1, 0.15) is 16.7 Å². The van der Waals surface area contributed by atoms with Crippen LogP contribution in [0.25, 0.3) is 0 Å². The van der Waals surface area contributed by atoms with Gasteiger partial charge in [0.05, 0.1) is 5.92 Å². The second-order valence-corrected chi connectivity index (χ2v) is 4.26. The summed E-state index contributed by atoms with van der Waals surface area (Å²) in [5.74, 6) is -1.40. The standard InChI is InChI=1S/C9H8BrN3O3/c10-6-2-7(12-4-11-6)13-3-5(9(15)16)1-8(13)14/h2,4-5H,1,3H2,(H,15,16). The number of carboxylic acid groups (broad SMARTS) is 1. The third kappa shape index (κ3) is 2.04. The minimum absolute atomic E-state index is 0.0248. The van der Waals surface area contributed by atoms with Gasteiger partial charge in [-0.05, 0) is 15.9 Å². The van der Waals surface area contributed by atoms with Crippen molar-refractivity contribution < 1.29 is 14.7 Å². The minimum atomic E-state index is -0.955. The molecular formula is C9H8BrN3O3. The van der Waals surface area contributed by atoms with Crippen molar-refractivity contribution in [1.29, 1.82) is 0 Å². The summed E-state index contributed by atoms with van der Waals surface area (Å²) in [7, 11) is 0. The summed E-state index contributed by atoms with van der Waals surface area (Å²) in [6.45, 7) is 0.164. The lowest BCUT2D eigenvalue weighted by molar-refractivity contribution is -0.141. The summed E-state index contributed by atoms with van der Waals surface area (Å²) >= 11 is 3.17. The Balaban J connectivity index is 2.23. The van der Waals surface area contributed by atoms with E-state index in [1.54, 1.807) is 6.07 Å². The normalized spacial score (nSPS) is 20.2. The molecule has 7 heteroatoms. The van der Waals surface area contributed by atoms with Gasteiger partial charge >= 0.3 is 5.97 Å². The largest absolute Gasteiger partial charge is 0.481 e. The second kappa shape index (κ2) is 4.17. The quantitative estimate of drug-likeness (QED) is 0.808. The average Bonchev–Trinajstić information content (AvgIpc) is 2.60. The van der Waals surface area contributed by atoms with Gasteiger partial charge in [-0.25, -0.2) is 9.97 Å². The van der Waals surface area contributed by atoms with Gasteiger partial charge in [-0.2, -0.15) is 0 Å². The van der Waals surface area contributed by atoms with Crippen molar-refractivity contribution in [2.45, 2.75) is 6.42 Å². The van der Waals surface area contributed by atoms with Crippen LogP contribution in [0.4, 0.5) is 5.82 Å². The summed E-state index contributed by atoms with van der Waals surface area (Å²) in [5, 5.41) is 8.83. The molecule has 1 aliphatic heterocycles. The van der Waals surface area contributed by atoms with Gasteiger partial charge < -0.3 is 5.11 Å². The van der Waals surface area contributed by atoms with Crippen LogP contribution in [0.2, 0.25) is 0 Å². The van der Waals surface area contributed by atoms with E-state index < -0.39 is 11.9 Å². The third-order valence-corrected chi connectivity index (χ3v) is 2.80. The molecule has 1 aromatic heterocycles. The number of carboxylic acids is 1. The first kappa shape index (κ1) is 11.0. The Hall–Kier alpha value is -1.50. The van der Waals surface area contributed by atoms with Crippen LogP contribution < -0.4 is 4.90 Å². The molecule has 1 fully saturated rings. The van der Waals surface area contributed by atoms with E-state index in [0.29, 0.717) is 10.4 Å². The lowest BCUT2D eigenvalue weighted by Crippen LogP contribution is -2.26. The maximum absolute atomic E-state index is 11.6. The summed E-state index contributed by atoms with van der Waals surface area (Å²) in [4.78, 5) is 31.5. The Morgan fingerprint density at radius 1 is 1.56 bits per heavy atom. The first-order valence-electron chi connectivity index (χ1n) is 4.58. The summed E-state index contributed by atoms with van der Waals surface area (Å²) in [6, 6.07) is 1.59. The number of aliphatic carboxylic acids is 1. The van der Waals surface area contributed by atoms with Crippen LogP contribution in [0, 0.1) is 5.92 Å². The van der Waals surface area contributed by atoms with Crippen molar-refractivity contribution in [3.63, 3.8) is 0 Å². The molecule has 0 aromatic carbocycles. The highest BCUT2D eigenvalue weighted by atomic mass is 79.9. The van der Waals surface area contributed by atoms with E-state index in [1.165, 1.54) is 11.2 Å². The molecule has 0 bridgehead atoms. The molecule has 0 aliphatic carbocycles. The molecule has 1 amide bonds. The number of aromatic nitrogens is 2. The van der Waals surface area contributed by atoms with Crippen molar-refractivity contribution >= 4 is 33.6 Å². The highest BCUT2D eigenvalue weighted by Crippen LogP contribution is 2.24. The number of amides is 1. The first-order valence-corrected chi connectivity index (χ1v) is 5.38. The van der Waals surface area contributed by atoms with E-state index in [0.717, 1.165) is 0 Å². The highest BCUT2D eigenvalue weighted by Gasteiger charge is 2.35.